The summed E-state index contributed by atoms with van der Waals surface area (Å²) in [6.07, 6.45) is 2.03. The van der Waals surface area contributed by atoms with Crippen LogP contribution in [0.5, 0.6) is 0 Å². The molecule has 19 heavy (non-hydrogen) atoms. The molecule has 0 aromatic rings. The zero-order chi connectivity index (χ0) is 14.1. The molecule has 2 aliphatic heterocycles. The molecular formula is C14H27N3O2. The van der Waals surface area contributed by atoms with Gasteiger partial charge in [0.1, 0.15) is 5.60 Å². The zero-order valence-electron chi connectivity index (χ0n) is 12.7. The zero-order valence-corrected chi connectivity index (χ0v) is 12.7. The number of nitrogens with zero attached hydrogens (tertiary/aromatic N) is 2. The Morgan fingerprint density at radius 2 is 1.84 bits per heavy atom. The lowest BCUT2D eigenvalue weighted by Gasteiger charge is -2.51. The van der Waals surface area contributed by atoms with Crippen molar-refractivity contribution in [2.24, 2.45) is 0 Å². The minimum atomic E-state index is -0.415. The number of rotatable bonds is 0. The molecule has 1 spiro atoms. The molecule has 0 unspecified atom stereocenters. The first-order valence-electron chi connectivity index (χ1n) is 7.22. The first kappa shape index (κ1) is 14.6. The second-order valence-electron chi connectivity index (χ2n) is 6.80. The normalized spacial score (nSPS) is 24.5. The molecule has 0 aromatic carbocycles. The molecule has 1 N–H and O–H groups in total. The Bertz CT molecular complexity index is 332. The highest BCUT2D eigenvalue weighted by Gasteiger charge is 2.42. The molecule has 110 valence electrons. The number of likely N-dealkylation sites (N-methyl/N-ethyl adjacent to an activating group) is 1. The summed E-state index contributed by atoms with van der Waals surface area (Å²) in [6.45, 7) is 10.3. The van der Waals surface area contributed by atoms with Gasteiger partial charge in [-0.1, -0.05) is 0 Å². The van der Waals surface area contributed by atoms with Gasteiger partial charge in [0, 0.05) is 25.2 Å². The van der Waals surface area contributed by atoms with Gasteiger partial charge in [-0.15, -0.1) is 0 Å². The fourth-order valence-corrected chi connectivity index (χ4v) is 2.98. The van der Waals surface area contributed by atoms with E-state index in [1.54, 1.807) is 0 Å². The number of hydrogen-bond acceptors (Lipinski definition) is 4. The van der Waals surface area contributed by atoms with Crippen LogP contribution in [0.2, 0.25) is 0 Å². The van der Waals surface area contributed by atoms with Gasteiger partial charge in [0.2, 0.25) is 0 Å². The van der Waals surface area contributed by atoms with Gasteiger partial charge in [0.25, 0.3) is 0 Å². The molecule has 0 aliphatic carbocycles. The van der Waals surface area contributed by atoms with E-state index in [1.165, 1.54) is 0 Å². The summed E-state index contributed by atoms with van der Waals surface area (Å²) in [6, 6.07) is 0. The van der Waals surface area contributed by atoms with Crippen LogP contribution in [0.15, 0.2) is 0 Å². The SMILES string of the molecule is CN1CCN(C(=O)OC(C)(C)C)CC12CCNCC2. The molecule has 1 amide bonds. The van der Waals surface area contributed by atoms with Crippen LogP contribution in [0, 0.1) is 0 Å². The molecule has 2 fully saturated rings. The minimum Gasteiger partial charge on any atom is -0.444 e. The van der Waals surface area contributed by atoms with Gasteiger partial charge in [-0.3, -0.25) is 4.90 Å². The Kier molecular flexibility index (Phi) is 4.06. The maximum atomic E-state index is 12.2. The van der Waals surface area contributed by atoms with Crippen LogP contribution in [0.1, 0.15) is 33.6 Å². The van der Waals surface area contributed by atoms with Crippen LogP contribution < -0.4 is 5.32 Å². The van der Waals surface area contributed by atoms with Gasteiger partial charge in [-0.2, -0.15) is 0 Å². The summed E-state index contributed by atoms with van der Waals surface area (Å²) in [5, 5.41) is 3.40. The molecule has 5 nitrogen and oxygen atoms in total. The van der Waals surface area contributed by atoms with E-state index in [0.717, 1.165) is 45.6 Å². The quantitative estimate of drug-likeness (QED) is 0.720. The fourth-order valence-electron chi connectivity index (χ4n) is 2.98. The average Bonchev–Trinajstić information content (AvgIpc) is 2.32. The Balaban J connectivity index is 2.02. The Hall–Kier alpha value is -0.810. The van der Waals surface area contributed by atoms with Crippen molar-refractivity contribution in [2.45, 2.75) is 44.8 Å². The van der Waals surface area contributed by atoms with Gasteiger partial charge in [-0.25, -0.2) is 4.79 Å². The average molecular weight is 269 g/mol. The van der Waals surface area contributed by atoms with E-state index in [0.29, 0.717) is 0 Å². The van der Waals surface area contributed by atoms with E-state index < -0.39 is 5.60 Å². The van der Waals surface area contributed by atoms with Crippen molar-refractivity contribution in [1.29, 1.82) is 0 Å². The molecule has 0 atom stereocenters. The van der Waals surface area contributed by atoms with Crippen molar-refractivity contribution in [2.75, 3.05) is 39.8 Å². The second kappa shape index (κ2) is 5.29. The van der Waals surface area contributed by atoms with Gasteiger partial charge in [0.15, 0.2) is 0 Å². The molecule has 0 aromatic heterocycles. The van der Waals surface area contributed by atoms with Crippen molar-refractivity contribution in [3.63, 3.8) is 0 Å². The minimum absolute atomic E-state index is 0.139. The number of piperidine rings is 1. The number of nitrogens with one attached hydrogen (secondary N) is 1. The Labute approximate surface area is 116 Å². The monoisotopic (exact) mass is 269 g/mol. The maximum absolute atomic E-state index is 12.2. The summed E-state index contributed by atoms with van der Waals surface area (Å²) in [4.78, 5) is 16.5. The number of ether oxygens (including phenoxy) is 1. The molecule has 2 heterocycles. The first-order chi connectivity index (χ1) is 8.82. The van der Waals surface area contributed by atoms with Crippen molar-refractivity contribution in [1.82, 2.24) is 15.1 Å². The number of carbonyl (C=O) groups is 1. The van der Waals surface area contributed by atoms with E-state index in [-0.39, 0.29) is 11.6 Å². The van der Waals surface area contributed by atoms with Crippen molar-refractivity contribution in [3.05, 3.63) is 0 Å². The highest BCUT2D eigenvalue weighted by molar-refractivity contribution is 5.68. The van der Waals surface area contributed by atoms with Crippen LogP contribution in [0.3, 0.4) is 0 Å². The van der Waals surface area contributed by atoms with Crippen molar-refractivity contribution in [3.8, 4) is 0 Å². The summed E-state index contributed by atoms with van der Waals surface area (Å²) in [5.74, 6) is 0. The molecule has 2 aliphatic rings. The number of carbonyl (C=O) groups excluding carboxylic acids is 1. The fraction of sp³-hybridized carbons (Fsp3) is 0.929. The lowest BCUT2D eigenvalue weighted by Crippen LogP contribution is -2.65. The summed E-state index contributed by atoms with van der Waals surface area (Å²) in [7, 11) is 2.18. The molecule has 0 radical (unpaired) electrons. The van der Waals surface area contributed by atoms with E-state index in [2.05, 4.69) is 17.3 Å². The maximum Gasteiger partial charge on any atom is 0.410 e. The van der Waals surface area contributed by atoms with Crippen LogP contribution in [-0.2, 0) is 4.74 Å². The number of piperazine rings is 1. The lowest BCUT2D eigenvalue weighted by atomic mass is 9.84. The number of hydrogen-bond donors (Lipinski definition) is 1. The second-order valence-corrected chi connectivity index (χ2v) is 6.80. The van der Waals surface area contributed by atoms with E-state index in [1.807, 2.05) is 25.7 Å². The predicted octanol–water partition coefficient (Wildman–Crippen LogP) is 1.29. The van der Waals surface area contributed by atoms with Crippen LogP contribution in [0.25, 0.3) is 0 Å². The topological polar surface area (TPSA) is 44.8 Å². The van der Waals surface area contributed by atoms with Crippen LogP contribution >= 0.6 is 0 Å². The molecule has 2 saturated heterocycles. The van der Waals surface area contributed by atoms with Gasteiger partial charge >= 0.3 is 6.09 Å². The highest BCUT2D eigenvalue weighted by Crippen LogP contribution is 2.29. The summed E-state index contributed by atoms with van der Waals surface area (Å²) >= 11 is 0. The van der Waals surface area contributed by atoms with Gasteiger partial charge < -0.3 is 15.0 Å². The number of amides is 1. The first-order valence-corrected chi connectivity index (χ1v) is 7.22. The largest absolute Gasteiger partial charge is 0.444 e. The highest BCUT2D eigenvalue weighted by atomic mass is 16.6. The van der Waals surface area contributed by atoms with Crippen molar-refractivity contribution < 1.29 is 9.53 Å². The molecule has 0 saturated carbocycles. The van der Waals surface area contributed by atoms with Gasteiger partial charge in [-0.05, 0) is 53.8 Å². The summed E-state index contributed by atoms with van der Waals surface area (Å²) < 4.78 is 5.50. The molecule has 0 bridgehead atoms. The molecule has 2 rings (SSSR count). The third-order valence-corrected chi connectivity index (χ3v) is 4.19. The predicted molar refractivity (Wildman–Crippen MR) is 75.3 cm³/mol. The van der Waals surface area contributed by atoms with Crippen molar-refractivity contribution >= 4 is 6.09 Å². The lowest BCUT2D eigenvalue weighted by molar-refractivity contribution is -0.0273. The van der Waals surface area contributed by atoms with E-state index in [4.69, 9.17) is 4.74 Å². The molecule has 5 heteroatoms. The van der Waals surface area contributed by atoms with E-state index >= 15 is 0 Å². The summed E-state index contributed by atoms with van der Waals surface area (Å²) in [5.41, 5.74) is -0.276. The smallest absolute Gasteiger partial charge is 0.410 e. The third kappa shape index (κ3) is 3.39. The molecular weight excluding hydrogens is 242 g/mol. The Morgan fingerprint density at radius 1 is 1.21 bits per heavy atom. The van der Waals surface area contributed by atoms with Crippen LogP contribution in [-0.4, -0.2) is 66.8 Å². The Morgan fingerprint density at radius 3 is 2.42 bits per heavy atom. The third-order valence-electron chi connectivity index (χ3n) is 4.19. The van der Waals surface area contributed by atoms with E-state index in [9.17, 15) is 4.79 Å². The van der Waals surface area contributed by atoms with Gasteiger partial charge in [0.05, 0.1) is 0 Å². The van der Waals surface area contributed by atoms with Crippen LogP contribution in [0.4, 0.5) is 4.79 Å². The standard InChI is InChI=1S/C14H27N3O2/c1-13(2,3)19-12(18)17-10-9-16(4)14(11-17)5-7-15-8-6-14/h15H,5-11H2,1-4H3.